The summed E-state index contributed by atoms with van der Waals surface area (Å²) in [5.41, 5.74) is 2.67. The van der Waals surface area contributed by atoms with Crippen LogP contribution in [0.15, 0.2) is 30.6 Å². The predicted molar refractivity (Wildman–Crippen MR) is 112 cm³/mol. The summed E-state index contributed by atoms with van der Waals surface area (Å²) < 4.78 is 0. The van der Waals surface area contributed by atoms with Gasteiger partial charge in [-0.2, -0.15) is 0 Å². The molecule has 140 valence electrons. The number of carbonyl (C=O) groups is 1. The minimum absolute atomic E-state index is 0.0938. The lowest BCUT2D eigenvalue weighted by Gasteiger charge is -2.32. The monoisotopic (exact) mass is 380 g/mol. The number of anilines is 2. The number of aryl methyl sites for hydroxylation is 2. The maximum Gasteiger partial charge on any atom is 0.257 e. The van der Waals surface area contributed by atoms with Crippen LogP contribution in [0.3, 0.4) is 0 Å². The first kappa shape index (κ1) is 17.9. The zero-order valence-corrected chi connectivity index (χ0v) is 16.8. The molecule has 1 aliphatic heterocycles. The fraction of sp³-hybridized carbons (Fsp3) is 0.381. The molecule has 1 aliphatic rings. The van der Waals surface area contributed by atoms with Gasteiger partial charge in [-0.3, -0.25) is 4.79 Å². The highest BCUT2D eigenvalue weighted by molar-refractivity contribution is 7.19. The van der Waals surface area contributed by atoms with Gasteiger partial charge in [0.1, 0.15) is 17.0 Å². The number of benzene rings is 1. The lowest BCUT2D eigenvalue weighted by Crippen LogP contribution is -2.35. The minimum Gasteiger partial charge on any atom is -0.356 e. The fourth-order valence-electron chi connectivity index (χ4n) is 3.75. The van der Waals surface area contributed by atoms with Gasteiger partial charge in [0.25, 0.3) is 5.91 Å². The van der Waals surface area contributed by atoms with Crippen molar-refractivity contribution in [3.8, 4) is 0 Å². The number of carbonyl (C=O) groups excluding carboxylic acids is 1. The van der Waals surface area contributed by atoms with Crippen molar-refractivity contribution in [1.82, 2.24) is 9.97 Å². The van der Waals surface area contributed by atoms with Crippen molar-refractivity contribution in [1.29, 1.82) is 0 Å². The van der Waals surface area contributed by atoms with E-state index in [1.165, 1.54) is 12.0 Å². The molecule has 0 bridgehead atoms. The number of thiophene rings is 1. The molecule has 6 heteroatoms. The summed E-state index contributed by atoms with van der Waals surface area (Å²) in [6, 6.07) is 7.86. The van der Waals surface area contributed by atoms with Gasteiger partial charge in [-0.25, -0.2) is 9.97 Å². The molecule has 1 aromatic carbocycles. The maximum absolute atomic E-state index is 13.1. The molecule has 1 atom stereocenters. The van der Waals surface area contributed by atoms with Crippen LogP contribution in [0.25, 0.3) is 10.2 Å². The lowest BCUT2D eigenvalue weighted by molar-refractivity contribution is 0.102. The summed E-state index contributed by atoms with van der Waals surface area (Å²) >= 11 is 1.56. The normalized spacial score (nSPS) is 17.3. The van der Waals surface area contributed by atoms with Gasteiger partial charge in [0, 0.05) is 23.7 Å². The van der Waals surface area contributed by atoms with Crippen molar-refractivity contribution in [3.05, 3.63) is 46.6 Å². The molecule has 27 heavy (non-hydrogen) atoms. The van der Waals surface area contributed by atoms with E-state index in [0.29, 0.717) is 11.5 Å². The van der Waals surface area contributed by atoms with Crippen LogP contribution in [0, 0.1) is 19.8 Å². The number of amides is 1. The van der Waals surface area contributed by atoms with E-state index in [1.807, 2.05) is 38.1 Å². The minimum atomic E-state index is -0.0938. The number of aromatic nitrogens is 2. The summed E-state index contributed by atoms with van der Waals surface area (Å²) in [4.78, 5) is 26.3. The standard InChI is InChI=1S/C21H24N4OS/c1-13-6-8-16(9-7-13)24-20(26)17-15(3)27-21-18(17)19(22-12-23-21)25-10-4-5-14(2)11-25/h6-9,12,14H,4-5,10-11H2,1-3H3,(H,24,26)/t14-/m0/s1. The third-order valence-corrected chi connectivity index (χ3v) is 6.15. The third kappa shape index (κ3) is 3.54. The third-order valence-electron chi connectivity index (χ3n) is 5.14. The van der Waals surface area contributed by atoms with E-state index in [0.717, 1.165) is 46.1 Å². The summed E-state index contributed by atoms with van der Waals surface area (Å²) in [5, 5.41) is 3.92. The van der Waals surface area contributed by atoms with E-state index in [1.54, 1.807) is 17.7 Å². The van der Waals surface area contributed by atoms with Gasteiger partial charge < -0.3 is 10.2 Å². The molecule has 1 fully saturated rings. The molecule has 1 N–H and O–H groups in total. The number of piperidine rings is 1. The molecule has 0 saturated carbocycles. The van der Waals surface area contributed by atoms with E-state index in [-0.39, 0.29) is 5.91 Å². The zero-order chi connectivity index (χ0) is 19.0. The Kier molecular flexibility index (Phi) is 4.83. The van der Waals surface area contributed by atoms with Crippen LogP contribution >= 0.6 is 11.3 Å². The number of nitrogens with zero attached hydrogens (tertiary/aromatic N) is 3. The van der Waals surface area contributed by atoms with Gasteiger partial charge in [-0.05, 0) is 44.7 Å². The maximum atomic E-state index is 13.1. The van der Waals surface area contributed by atoms with Crippen molar-refractivity contribution < 1.29 is 4.79 Å². The Morgan fingerprint density at radius 3 is 2.74 bits per heavy atom. The second kappa shape index (κ2) is 7.27. The Morgan fingerprint density at radius 2 is 2.00 bits per heavy atom. The Morgan fingerprint density at radius 1 is 1.22 bits per heavy atom. The van der Waals surface area contributed by atoms with Crippen molar-refractivity contribution >= 4 is 39.0 Å². The molecule has 0 radical (unpaired) electrons. The molecular formula is C21H24N4OS. The van der Waals surface area contributed by atoms with Gasteiger partial charge in [-0.15, -0.1) is 11.3 Å². The molecule has 3 heterocycles. The van der Waals surface area contributed by atoms with Gasteiger partial charge in [0.15, 0.2) is 0 Å². The SMILES string of the molecule is Cc1ccc(NC(=O)c2c(C)sc3ncnc(N4CCC[C@H](C)C4)c23)cc1. The molecule has 3 aromatic rings. The smallest absolute Gasteiger partial charge is 0.257 e. The predicted octanol–water partition coefficient (Wildman–Crippen LogP) is 4.80. The highest BCUT2D eigenvalue weighted by atomic mass is 32.1. The van der Waals surface area contributed by atoms with Crippen LogP contribution in [0.5, 0.6) is 0 Å². The second-order valence-electron chi connectivity index (χ2n) is 7.42. The van der Waals surface area contributed by atoms with Crippen molar-refractivity contribution in [2.75, 3.05) is 23.3 Å². The van der Waals surface area contributed by atoms with Gasteiger partial charge in [-0.1, -0.05) is 24.6 Å². The highest BCUT2D eigenvalue weighted by Gasteiger charge is 2.25. The van der Waals surface area contributed by atoms with E-state index < -0.39 is 0 Å². The van der Waals surface area contributed by atoms with E-state index in [2.05, 4.69) is 27.1 Å². The Balaban J connectivity index is 1.74. The fourth-order valence-corrected chi connectivity index (χ4v) is 4.74. The summed E-state index contributed by atoms with van der Waals surface area (Å²) in [6.45, 7) is 8.24. The van der Waals surface area contributed by atoms with Crippen molar-refractivity contribution in [3.63, 3.8) is 0 Å². The molecule has 0 aliphatic carbocycles. The Hall–Kier alpha value is -2.47. The first-order valence-corrected chi connectivity index (χ1v) is 10.2. The van der Waals surface area contributed by atoms with E-state index >= 15 is 0 Å². The van der Waals surface area contributed by atoms with Gasteiger partial charge in [0.2, 0.25) is 0 Å². The highest BCUT2D eigenvalue weighted by Crippen LogP contribution is 2.36. The molecular weight excluding hydrogens is 356 g/mol. The Labute approximate surface area is 163 Å². The van der Waals surface area contributed by atoms with E-state index in [4.69, 9.17) is 0 Å². The van der Waals surface area contributed by atoms with Crippen LogP contribution < -0.4 is 10.2 Å². The van der Waals surface area contributed by atoms with Crippen LogP contribution in [0.2, 0.25) is 0 Å². The average Bonchev–Trinajstić information content (AvgIpc) is 2.99. The summed E-state index contributed by atoms with van der Waals surface area (Å²) in [6.07, 6.45) is 4.02. The summed E-state index contributed by atoms with van der Waals surface area (Å²) in [7, 11) is 0. The quantitative estimate of drug-likeness (QED) is 0.709. The topological polar surface area (TPSA) is 58.1 Å². The summed E-state index contributed by atoms with van der Waals surface area (Å²) in [5.74, 6) is 1.43. The number of hydrogen-bond donors (Lipinski definition) is 1. The van der Waals surface area contributed by atoms with Crippen LogP contribution in [0.4, 0.5) is 11.5 Å². The first-order valence-electron chi connectivity index (χ1n) is 9.40. The largest absolute Gasteiger partial charge is 0.356 e. The van der Waals surface area contributed by atoms with Crippen molar-refractivity contribution in [2.24, 2.45) is 5.92 Å². The lowest BCUT2D eigenvalue weighted by atomic mass is 10.00. The second-order valence-corrected chi connectivity index (χ2v) is 8.63. The Bertz CT molecular complexity index is 980. The molecule has 5 nitrogen and oxygen atoms in total. The van der Waals surface area contributed by atoms with Gasteiger partial charge >= 0.3 is 0 Å². The molecule has 1 amide bonds. The van der Waals surface area contributed by atoms with E-state index in [9.17, 15) is 4.79 Å². The van der Waals surface area contributed by atoms with Crippen LogP contribution in [-0.2, 0) is 0 Å². The van der Waals surface area contributed by atoms with Gasteiger partial charge in [0.05, 0.1) is 10.9 Å². The molecule has 2 aromatic heterocycles. The van der Waals surface area contributed by atoms with Crippen LogP contribution in [-0.4, -0.2) is 29.0 Å². The molecule has 0 spiro atoms. The zero-order valence-electron chi connectivity index (χ0n) is 16.0. The van der Waals surface area contributed by atoms with Crippen LogP contribution in [0.1, 0.15) is 40.6 Å². The molecule has 0 unspecified atom stereocenters. The molecule has 1 saturated heterocycles. The van der Waals surface area contributed by atoms with Crippen molar-refractivity contribution in [2.45, 2.75) is 33.6 Å². The number of nitrogens with one attached hydrogen (secondary N) is 1. The number of fused-ring (bicyclic) bond motifs is 1. The average molecular weight is 381 g/mol. The number of hydrogen-bond acceptors (Lipinski definition) is 5. The number of rotatable bonds is 3. The molecule has 4 rings (SSSR count). The first-order chi connectivity index (χ1) is 13.0.